The average Bonchev–Trinajstić information content (AvgIpc) is 2.76. The maximum Gasteiger partial charge on any atom is 0.225 e. The Labute approximate surface area is 110 Å². The minimum absolute atomic E-state index is 0.259. The highest BCUT2D eigenvalue weighted by molar-refractivity contribution is 5.26. The van der Waals surface area contributed by atoms with E-state index in [2.05, 4.69) is 41.1 Å². The monoisotopic (exact) mass is 252 g/mol. The maximum absolute atomic E-state index is 5.76. The molecule has 0 aliphatic carbocycles. The Balaban J connectivity index is 0.000000492. The second kappa shape index (κ2) is 7.87. The van der Waals surface area contributed by atoms with Gasteiger partial charge in [0.1, 0.15) is 6.10 Å². The van der Waals surface area contributed by atoms with Crippen LogP contribution in [-0.2, 0) is 0 Å². The van der Waals surface area contributed by atoms with E-state index in [1.54, 1.807) is 19.3 Å². The van der Waals surface area contributed by atoms with Crippen LogP contribution in [0.3, 0.4) is 0 Å². The van der Waals surface area contributed by atoms with Gasteiger partial charge in [0.25, 0.3) is 0 Å². The lowest BCUT2D eigenvalue weighted by atomic mass is 10.3. The molecule has 5 heteroatoms. The van der Waals surface area contributed by atoms with Crippen molar-refractivity contribution in [2.45, 2.75) is 32.8 Å². The van der Waals surface area contributed by atoms with E-state index in [1.807, 2.05) is 0 Å². The SMILES string of the molecule is CCC.CNc1nccc(O[C@@H]2CCN(C)C2)n1. The Morgan fingerprint density at radius 1 is 1.50 bits per heavy atom. The van der Waals surface area contributed by atoms with E-state index in [0.29, 0.717) is 11.8 Å². The Bertz CT molecular complexity index is 346. The molecule has 1 aromatic rings. The van der Waals surface area contributed by atoms with Crippen LogP contribution in [0.5, 0.6) is 5.88 Å². The zero-order valence-corrected chi connectivity index (χ0v) is 11.8. The van der Waals surface area contributed by atoms with Crippen LogP contribution in [0.1, 0.15) is 26.7 Å². The zero-order valence-electron chi connectivity index (χ0n) is 11.8. The van der Waals surface area contributed by atoms with E-state index in [9.17, 15) is 0 Å². The minimum atomic E-state index is 0.259. The maximum atomic E-state index is 5.76. The first-order valence-corrected chi connectivity index (χ1v) is 6.55. The molecule has 18 heavy (non-hydrogen) atoms. The standard InChI is InChI=1S/C10H16N4O.C3H8/c1-11-10-12-5-3-9(13-10)15-8-4-6-14(2)7-8;1-3-2/h3,5,8H,4,6-7H2,1-2H3,(H,11,12,13);3H2,1-2H3/t8-;/m1./s1. The molecule has 1 aromatic heterocycles. The van der Waals surface area contributed by atoms with Crippen molar-refractivity contribution in [3.05, 3.63) is 12.3 Å². The van der Waals surface area contributed by atoms with Crippen molar-refractivity contribution in [3.63, 3.8) is 0 Å². The highest BCUT2D eigenvalue weighted by Crippen LogP contribution is 2.15. The van der Waals surface area contributed by atoms with Gasteiger partial charge in [0.05, 0.1) is 0 Å². The molecule has 0 unspecified atom stereocenters. The molecule has 1 fully saturated rings. The molecule has 0 saturated carbocycles. The fourth-order valence-electron chi connectivity index (χ4n) is 1.69. The molecule has 102 valence electrons. The van der Waals surface area contributed by atoms with E-state index in [0.717, 1.165) is 19.5 Å². The van der Waals surface area contributed by atoms with Gasteiger partial charge in [-0.2, -0.15) is 4.98 Å². The molecular formula is C13H24N4O. The summed E-state index contributed by atoms with van der Waals surface area (Å²) < 4.78 is 5.76. The molecule has 1 saturated heterocycles. The first kappa shape index (κ1) is 14.7. The predicted molar refractivity (Wildman–Crippen MR) is 74.1 cm³/mol. The van der Waals surface area contributed by atoms with Crippen LogP contribution in [0.25, 0.3) is 0 Å². The molecular weight excluding hydrogens is 228 g/mol. The third kappa shape index (κ3) is 4.87. The number of likely N-dealkylation sites (N-methyl/N-ethyl adjacent to an activating group) is 1. The van der Waals surface area contributed by atoms with E-state index < -0.39 is 0 Å². The second-order valence-corrected chi connectivity index (χ2v) is 4.47. The number of hydrogen-bond donors (Lipinski definition) is 1. The number of likely N-dealkylation sites (tertiary alicyclic amines) is 1. The molecule has 2 rings (SSSR count). The van der Waals surface area contributed by atoms with Crippen molar-refractivity contribution in [3.8, 4) is 5.88 Å². The lowest BCUT2D eigenvalue weighted by Gasteiger charge is -2.12. The van der Waals surface area contributed by atoms with Gasteiger partial charge >= 0.3 is 0 Å². The minimum Gasteiger partial charge on any atom is -0.473 e. The highest BCUT2D eigenvalue weighted by Gasteiger charge is 2.21. The number of nitrogens with zero attached hydrogens (tertiary/aromatic N) is 3. The summed E-state index contributed by atoms with van der Waals surface area (Å²) in [4.78, 5) is 10.5. The topological polar surface area (TPSA) is 50.3 Å². The average molecular weight is 252 g/mol. The predicted octanol–water partition coefficient (Wildman–Crippen LogP) is 2.02. The van der Waals surface area contributed by atoms with E-state index in [4.69, 9.17) is 4.74 Å². The molecule has 1 N–H and O–H groups in total. The third-order valence-corrected chi connectivity index (χ3v) is 2.49. The van der Waals surface area contributed by atoms with Gasteiger partial charge in [-0.05, 0) is 13.5 Å². The first-order valence-electron chi connectivity index (χ1n) is 6.55. The Morgan fingerprint density at radius 2 is 2.22 bits per heavy atom. The van der Waals surface area contributed by atoms with E-state index in [1.165, 1.54) is 6.42 Å². The first-order chi connectivity index (χ1) is 8.69. The van der Waals surface area contributed by atoms with Gasteiger partial charge in [-0.3, -0.25) is 0 Å². The number of anilines is 1. The summed E-state index contributed by atoms with van der Waals surface area (Å²) in [5, 5.41) is 2.89. The van der Waals surface area contributed by atoms with Gasteiger partial charge in [-0.25, -0.2) is 4.98 Å². The van der Waals surface area contributed by atoms with Gasteiger partial charge in [-0.1, -0.05) is 20.3 Å². The lowest BCUT2D eigenvalue weighted by Crippen LogP contribution is -2.21. The Kier molecular flexibility index (Phi) is 6.43. The quantitative estimate of drug-likeness (QED) is 0.892. The normalized spacial score (nSPS) is 19.0. The molecule has 1 aliphatic rings. The Hall–Kier alpha value is -1.36. The smallest absolute Gasteiger partial charge is 0.225 e. The summed E-state index contributed by atoms with van der Waals surface area (Å²) in [7, 11) is 3.89. The van der Waals surface area contributed by atoms with Crippen LogP contribution in [0.4, 0.5) is 5.95 Å². The summed E-state index contributed by atoms with van der Waals surface area (Å²) in [6.07, 6.45) is 4.27. The lowest BCUT2D eigenvalue weighted by molar-refractivity contribution is 0.200. The zero-order chi connectivity index (χ0) is 13.4. The summed E-state index contributed by atoms with van der Waals surface area (Å²) in [5.74, 6) is 1.24. The molecule has 5 nitrogen and oxygen atoms in total. The van der Waals surface area contributed by atoms with Gasteiger partial charge in [0.2, 0.25) is 11.8 Å². The summed E-state index contributed by atoms with van der Waals surface area (Å²) in [5.41, 5.74) is 0. The van der Waals surface area contributed by atoms with Crippen LogP contribution in [-0.4, -0.2) is 48.2 Å². The van der Waals surface area contributed by atoms with Crippen molar-refractivity contribution in [1.82, 2.24) is 14.9 Å². The van der Waals surface area contributed by atoms with Crippen LogP contribution in [0.2, 0.25) is 0 Å². The van der Waals surface area contributed by atoms with Crippen molar-refractivity contribution in [2.24, 2.45) is 0 Å². The van der Waals surface area contributed by atoms with Gasteiger partial charge in [0, 0.05) is 32.4 Å². The molecule has 1 atom stereocenters. The molecule has 0 radical (unpaired) electrons. The molecule has 0 bridgehead atoms. The number of aromatic nitrogens is 2. The van der Waals surface area contributed by atoms with Gasteiger partial charge < -0.3 is 15.0 Å². The fraction of sp³-hybridized carbons (Fsp3) is 0.692. The molecule has 0 aromatic carbocycles. The fourth-order valence-corrected chi connectivity index (χ4v) is 1.69. The van der Waals surface area contributed by atoms with Crippen molar-refractivity contribution >= 4 is 5.95 Å². The second-order valence-electron chi connectivity index (χ2n) is 4.47. The highest BCUT2D eigenvalue weighted by atomic mass is 16.5. The van der Waals surface area contributed by atoms with Crippen LogP contribution < -0.4 is 10.1 Å². The molecule has 1 aliphatic heterocycles. The van der Waals surface area contributed by atoms with Crippen molar-refractivity contribution in [2.75, 3.05) is 32.5 Å². The molecule has 2 heterocycles. The molecule has 0 amide bonds. The summed E-state index contributed by atoms with van der Waals surface area (Å²) in [6, 6.07) is 1.79. The summed E-state index contributed by atoms with van der Waals surface area (Å²) in [6.45, 7) is 6.31. The number of rotatable bonds is 3. The molecule has 0 spiro atoms. The van der Waals surface area contributed by atoms with E-state index >= 15 is 0 Å². The van der Waals surface area contributed by atoms with Crippen molar-refractivity contribution in [1.29, 1.82) is 0 Å². The number of hydrogen-bond acceptors (Lipinski definition) is 5. The van der Waals surface area contributed by atoms with Crippen LogP contribution in [0, 0.1) is 0 Å². The van der Waals surface area contributed by atoms with Gasteiger partial charge in [-0.15, -0.1) is 0 Å². The van der Waals surface area contributed by atoms with Gasteiger partial charge in [0.15, 0.2) is 0 Å². The summed E-state index contributed by atoms with van der Waals surface area (Å²) >= 11 is 0. The number of nitrogens with one attached hydrogen (secondary N) is 1. The Morgan fingerprint density at radius 3 is 2.78 bits per heavy atom. The largest absolute Gasteiger partial charge is 0.473 e. The third-order valence-electron chi connectivity index (χ3n) is 2.49. The van der Waals surface area contributed by atoms with Crippen LogP contribution in [0.15, 0.2) is 12.3 Å². The van der Waals surface area contributed by atoms with Crippen LogP contribution >= 0.6 is 0 Å². The van der Waals surface area contributed by atoms with Crippen molar-refractivity contribution < 1.29 is 4.74 Å². The van der Waals surface area contributed by atoms with E-state index in [-0.39, 0.29) is 6.10 Å². The number of ether oxygens (including phenoxy) is 1.